The van der Waals surface area contributed by atoms with Gasteiger partial charge < -0.3 is 4.52 Å². The van der Waals surface area contributed by atoms with Gasteiger partial charge in [0, 0.05) is 12.1 Å². The van der Waals surface area contributed by atoms with Crippen LogP contribution in [0.3, 0.4) is 0 Å². The molecule has 0 saturated carbocycles. The van der Waals surface area contributed by atoms with Crippen LogP contribution in [0.25, 0.3) is 22.3 Å². The molecule has 2 aromatic heterocycles. The molecule has 2 aromatic carbocycles. The maximum Gasteiger partial charge on any atom is 0.332 e. The SMILES string of the molecule is C=CCn1c(=O)c2ccccc2n(Cc2nc(-c3ccc(F)c(Br)c3)no2)c1=O. The largest absolute Gasteiger partial charge is 0.337 e. The van der Waals surface area contributed by atoms with Gasteiger partial charge in [-0.1, -0.05) is 23.4 Å². The van der Waals surface area contributed by atoms with Crippen LogP contribution >= 0.6 is 15.9 Å². The molecule has 7 nitrogen and oxygen atoms in total. The molecule has 4 aromatic rings. The zero-order valence-electron chi connectivity index (χ0n) is 15.0. The van der Waals surface area contributed by atoms with E-state index in [0.717, 1.165) is 4.57 Å². The summed E-state index contributed by atoms with van der Waals surface area (Å²) in [6, 6.07) is 11.2. The summed E-state index contributed by atoms with van der Waals surface area (Å²) in [6.07, 6.45) is 1.49. The number of allylic oxidation sites excluding steroid dienone is 1. The van der Waals surface area contributed by atoms with Crippen molar-refractivity contribution in [2.45, 2.75) is 13.1 Å². The molecule has 0 N–H and O–H groups in total. The van der Waals surface area contributed by atoms with E-state index in [-0.39, 0.29) is 34.8 Å². The van der Waals surface area contributed by atoms with Gasteiger partial charge >= 0.3 is 5.69 Å². The Labute approximate surface area is 171 Å². The molecular formula is C20H14BrFN4O3. The molecule has 29 heavy (non-hydrogen) atoms. The lowest BCUT2D eigenvalue weighted by atomic mass is 10.2. The molecule has 146 valence electrons. The minimum Gasteiger partial charge on any atom is -0.337 e. The van der Waals surface area contributed by atoms with Crippen LogP contribution in [0.4, 0.5) is 4.39 Å². The Morgan fingerprint density at radius 1 is 1.17 bits per heavy atom. The number of benzene rings is 2. The van der Waals surface area contributed by atoms with Gasteiger partial charge in [0.2, 0.25) is 11.7 Å². The van der Waals surface area contributed by atoms with Crippen LogP contribution in [0.1, 0.15) is 5.89 Å². The van der Waals surface area contributed by atoms with Crippen molar-refractivity contribution in [3.8, 4) is 11.4 Å². The number of rotatable bonds is 5. The normalized spacial score (nSPS) is 11.1. The Hall–Kier alpha value is -3.33. The van der Waals surface area contributed by atoms with Crippen LogP contribution in [0.2, 0.25) is 0 Å². The van der Waals surface area contributed by atoms with E-state index in [4.69, 9.17) is 4.52 Å². The molecule has 0 atom stereocenters. The van der Waals surface area contributed by atoms with Crippen molar-refractivity contribution in [3.05, 3.63) is 92.1 Å². The smallest absolute Gasteiger partial charge is 0.332 e. The summed E-state index contributed by atoms with van der Waals surface area (Å²) in [6.45, 7) is 3.67. The first kappa shape index (κ1) is 19.0. The number of hydrogen-bond donors (Lipinski definition) is 0. The molecule has 0 amide bonds. The van der Waals surface area contributed by atoms with Crippen LogP contribution in [-0.4, -0.2) is 19.3 Å². The number of hydrogen-bond acceptors (Lipinski definition) is 5. The highest BCUT2D eigenvalue weighted by Gasteiger charge is 2.16. The van der Waals surface area contributed by atoms with Crippen molar-refractivity contribution in [1.29, 1.82) is 0 Å². The van der Waals surface area contributed by atoms with E-state index in [1.807, 2.05) is 0 Å². The third kappa shape index (κ3) is 3.44. The summed E-state index contributed by atoms with van der Waals surface area (Å²) in [5.41, 5.74) is 0.135. The van der Waals surface area contributed by atoms with E-state index in [1.54, 1.807) is 24.3 Å². The maximum absolute atomic E-state index is 13.4. The molecule has 0 saturated heterocycles. The van der Waals surface area contributed by atoms with Gasteiger partial charge in [0.15, 0.2) is 0 Å². The topological polar surface area (TPSA) is 82.9 Å². The monoisotopic (exact) mass is 456 g/mol. The fourth-order valence-electron chi connectivity index (χ4n) is 3.02. The molecule has 0 aliphatic heterocycles. The highest BCUT2D eigenvalue weighted by atomic mass is 79.9. The molecule has 2 heterocycles. The van der Waals surface area contributed by atoms with E-state index in [2.05, 4.69) is 32.6 Å². The van der Waals surface area contributed by atoms with Crippen molar-refractivity contribution in [1.82, 2.24) is 19.3 Å². The number of nitrogens with zero attached hydrogens (tertiary/aromatic N) is 4. The molecule has 0 aliphatic rings. The molecule has 0 aliphatic carbocycles. The second kappa shape index (κ2) is 7.59. The lowest BCUT2D eigenvalue weighted by Gasteiger charge is -2.11. The molecule has 0 radical (unpaired) electrons. The molecule has 0 fully saturated rings. The van der Waals surface area contributed by atoms with E-state index in [0.29, 0.717) is 16.5 Å². The zero-order chi connectivity index (χ0) is 20.5. The quantitative estimate of drug-likeness (QED) is 0.430. The minimum absolute atomic E-state index is 0.0217. The summed E-state index contributed by atoms with van der Waals surface area (Å²) in [4.78, 5) is 29.8. The van der Waals surface area contributed by atoms with E-state index < -0.39 is 11.5 Å². The van der Waals surface area contributed by atoms with Gasteiger partial charge in [-0.05, 0) is 46.3 Å². The Morgan fingerprint density at radius 2 is 1.97 bits per heavy atom. The third-order valence-electron chi connectivity index (χ3n) is 4.38. The first-order valence-corrected chi connectivity index (χ1v) is 9.40. The molecule has 0 spiro atoms. The average molecular weight is 457 g/mol. The van der Waals surface area contributed by atoms with E-state index >= 15 is 0 Å². The Morgan fingerprint density at radius 3 is 2.72 bits per heavy atom. The van der Waals surface area contributed by atoms with Crippen LogP contribution in [-0.2, 0) is 13.1 Å². The van der Waals surface area contributed by atoms with Crippen LogP contribution < -0.4 is 11.2 Å². The molecule has 0 unspecified atom stereocenters. The fraction of sp³-hybridized carbons (Fsp3) is 0.100. The van der Waals surface area contributed by atoms with E-state index in [9.17, 15) is 14.0 Å². The Kier molecular flexibility index (Phi) is 4.98. The number of halogens is 2. The van der Waals surface area contributed by atoms with Crippen molar-refractivity contribution in [3.63, 3.8) is 0 Å². The Bertz CT molecular complexity index is 1360. The first-order valence-electron chi connectivity index (χ1n) is 8.61. The number of aromatic nitrogens is 4. The number of para-hydroxylation sites is 1. The summed E-state index contributed by atoms with van der Waals surface area (Å²) in [5.74, 6) is 0.0361. The van der Waals surface area contributed by atoms with Crippen molar-refractivity contribution in [2.24, 2.45) is 0 Å². The highest BCUT2D eigenvalue weighted by Crippen LogP contribution is 2.23. The van der Waals surface area contributed by atoms with Crippen molar-refractivity contribution in [2.75, 3.05) is 0 Å². The second-order valence-corrected chi connectivity index (χ2v) is 7.09. The van der Waals surface area contributed by atoms with Crippen LogP contribution in [0.15, 0.2) is 73.7 Å². The predicted octanol–water partition coefficient (Wildman–Crippen LogP) is 3.35. The molecule has 0 bridgehead atoms. The number of fused-ring (bicyclic) bond motifs is 1. The maximum atomic E-state index is 13.4. The zero-order valence-corrected chi connectivity index (χ0v) is 16.6. The summed E-state index contributed by atoms with van der Waals surface area (Å²) < 4.78 is 21.5. The summed E-state index contributed by atoms with van der Waals surface area (Å²) in [5, 5.41) is 4.31. The molecular weight excluding hydrogens is 443 g/mol. The standard InChI is InChI=1S/C20H14BrFN4O3/c1-2-9-25-19(27)13-5-3-4-6-16(13)26(20(25)28)11-17-23-18(24-29-17)12-7-8-15(22)14(21)10-12/h2-8,10H,1,9,11H2. The van der Waals surface area contributed by atoms with Crippen molar-refractivity contribution < 1.29 is 8.91 Å². The average Bonchev–Trinajstić information content (AvgIpc) is 3.19. The van der Waals surface area contributed by atoms with Gasteiger partial charge in [0.05, 0.1) is 15.4 Å². The molecule has 4 rings (SSSR count). The molecule has 9 heteroatoms. The summed E-state index contributed by atoms with van der Waals surface area (Å²) in [7, 11) is 0. The Balaban J connectivity index is 1.80. The van der Waals surface area contributed by atoms with Gasteiger partial charge in [-0.15, -0.1) is 6.58 Å². The minimum atomic E-state index is -0.502. The van der Waals surface area contributed by atoms with Gasteiger partial charge in [-0.25, -0.2) is 9.18 Å². The summed E-state index contributed by atoms with van der Waals surface area (Å²) >= 11 is 3.12. The third-order valence-corrected chi connectivity index (χ3v) is 4.99. The van der Waals surface area contributed by atoms with Gasteiger partial charge in [-0.3, -0.25) is 13.9 Å². The van der Waals surface area contributed by atoms with E-state index in [1.165, 1.54) is 28.8 Å². The van der Waals surface area contributed by atoms with Gasteiger partial charge in [-0.2, -0.15) is 4.98 Å². The fourth-order valence-corrected chi connectivity index (χ4v) is 3.40. The second-order valence-electron chi connectivity index (χ2n) is 6.23. The highest BCUT2D eigenvalue weighted by molar-refractivity contribution is 9.10. The lowest BCUT2D eigenvalue weighted by Crippen LogP contribution is -2.40. The van der Waals surface area contributed by atoms with Crippen molar-refractivity contribution >= 4 is 26.8 Å². The lowest BCUT2D eigenvalue weighted by molar-refractivity contribution is 0.369. The first-order chi connectivity index (χ1) is 14.0. The van der Waals surface area contributed by atoms with Crippen LogP contribution in [0.5, 0.6) is 0 Å². The van der Waals surface area contributed by atoms with Crippen LogP contribution in [0, 0.1) is 5.82 Å². The predicted molar refractivity (Wildman–Crippen MR) is 109 cm³/mol. The van der Waals surface area contributed by atoms with Gasteiger partial charge in [0.1, 0.15) is 12.4 Å². The van der Waals surface area contributed by atoms with Gasteiger partial charge in [0.25, 0.3) is 5.56 Å².